The molecule has 0 aromatic carbocycles. The number of ether oxygens (including phenoxy) is 1. The highest BCUT2D eigenvalue weighted by Gasteiger charge is 2.56. The van der Waals surface area contributed by atoms with Crippen LogP contribution < -0.4 is 5.32 Å². The minimum absolute atomic E-state index is 0. The molecular formula is C23H30N4O2. The second-order valence-corrected chi connectivity index (χ2v) is 8.22. The van der Waals surface area contributed by atoms with Crippen LogP contribution in [0.1, 0.15) is 39.3 Å². The van der Waals surface area contributed by atoms with Gasteiger partial charge in [-0.3, -0.25) is 4.79 Å². The van der Waals surface area contributed by atoms with Crippen LogP contribution in [-0.2, 0) is 16.6 Å². The Balaban J connectivity index is 0.000000346. The van der Waals surface area contributed by atoms with E-state index in [9.17, 15) is 4.79 Å². The zero-order valence-corrected chi connectivity index (χ0v) is 16.6. The molecule has 29 heavy (non-hydrogen) atoms. The van der Waals surface area contributed by atoms with E-state index in [2.05, 4.69) is 57.4 Å². The highest BCUT2D eigenvalue weighted by atomic mass is 16.5. The molecule has 0 bridgehead atoms. The summed E-state index contributed by atoms with van der Waals surface area (Å²) < 4.78 is 7.13. The first-order valence-electron chi connectivity index (χ1n) is 10.3. The first-order valence-corrected chi connectivity index (χ1v) is 10.3. The third kappa shape index (κ3) is 3.17. The SMILES string of the molecule is C1CCOC1.Cn1cc(-c2cc3cccnc3[nH]2)c2c1C=CC1(CNC=O)CC21.[HH].[HH]. The Bertz CT molecular complexity index is 1050. The molecule has 1 aliphatic heterocycles. The van der Waals surface area contributed by atoms with Crippen LogP contribution in [0.3, 0.4) is 0 Å². The molecule has 1 saturated carbocycles. The van der Waals surface area contributed by atoms with Crippen molar-refractivity contribution in [3.63, 3.8) is 0 Å². The Morgan fingerprint density at radius 2 is 2.31 bits per heavy atom. The van der Waals surface area contributed by atoms with Gasteiger partial charge in [-0.1, -0.05) is 6.08 Å². The molecule has 1 amide bonds. The Morgan fingerprint density at radius 3 is 3.03 bits per heavy atom. The molecule has 1 saturated heterocycles. The predicted octanol–water partition coefficient (Wildman–Crippen LogP) is 4.10. The Hall–Kier alpha value is -2.86. The number of amides is 1. The van der Waals surface area contributed by atoms with Crippen LogP contribution in [-0.4, -0.2) is 40.7 Å². The fourth-order valence-electron chi connectivity index (χ4n) is 4.69. The summed E-state index contributed by atoms with van der Waals surface area (Å²) in [6.07, 6.45) is 12.9. The molecule has 4 heterocycles. The molecule has 2 aliphatic carbocycles. The lowest BCUT2D eigenvalue weighted by Gasteiger charge is -2.18. The lowest BCUT2D eigenvalue weighted by Crippen LogP contribution is -2.23. The first-order chi connectivity index (χ1) is 14.2. The van der Waals surface area contributed by atoms with E-state index in [1.54, 1.807) is 0 Å². The molecule has 2 unspecified atom stereocenters. The summed E-state index contributed by atoms with van der Waals surface area (Å²) in [5.41, 5.74) is 6.02. The number of hydrogen-bond donors (Lipinski definition) is 2. The van der Waals surface area contributed by atoms with Crippen molar-refractivity contribution in [2.45, 2.75) is 25.2 Å². The molecular weight excluding hydrogens is 364 g/mol. The van der Waals surface area contributed by atoms with Gasteiger partial charge in [0.2, 0.25) is 6.41 Å². The average molecular weight is 395 g/mol. The van der Waals surface area contributed by atoms with E-state index in [-0.39, 0.29) is 8.27 Å². The number of H-pyrrole nitrogens is 1. The van der Waals surface area contributed by atoms with Crippen molar-refractivity contribution in [3.8, 4) is 11.3 Å². The average Bonchev–Trinajstić information content (AvgIpc) is 3.17. The summed E-state index contributed by atoms with van der Waals surface area (Å²) >= 11 is 0. The molecule has 3 aromatic heterocycles. The van der Waals surface area contributed by atoms with Gasteiger partial charge in [0.1, 0.15) is 5.65 Å². The number of rotatable bonds is 4. The van der Waals surface area contributed by atoms with Gasteiger partial charge >= 0.3 is 0 Å². The van der Waals surface area contributed by atoms with Crippen LogP contribution in [0.15, 0.2) is 36.7 Å². The van der Waals surface area contributed by atoms with Gasteiger partial charge in [-0.25, -0.2) is 4.98 Å². The number of aromatic amines is 1. The second kappa shape index (κ2) is 7.19. The third-order valence-corrected chi connectivity index (χ3v) is 6.33. The summed E-state index contributed by atoms with van der Waals surface area (Å²) in [7, 11) is 2.09. The van der Waals surface area contributed by atoms with Crippen molar-refractivity contribution >= 4 is 23.5 Å². The summed E-state index contributed by atoms with van der Waals surface area (Å²) in [6.45, 7) is 2.71. The number of carbonyl (C=O) groups excluding carboxylic acids is 1. The quantitative estimate of drug-likeness (QED) is 0.654. The largest absolute Gasteiger partial charge is 0.381 e. The Kier molecular flexibility index (Phi) is 4.51. The van der Waals surface area contributed by atoms with Gasteiger partial charge in [0.05, 0.1) is 0 Å². The minimum atomic E-state index is 0. The van der Waals surface area contributed by atoms with Crippen LogP contribution >= 0.6 is 0 Å². The van der Waals surface area contributed by atoms with E-state index >= 15 is 0 Å². The second-order valence-electron chi connectivity index (χ2n) is 8.22. The maximum absolute atomic E-state index is 10.7. The van der Waals surface area contributed by atoms with Crippen LogP contribution in [0.4, 0.5) is 0 Å². The van der Waals surface area contributed by atoms with Crippen molar-refractivity contribution in [3.05, 3.63) is 47.9 Å². The lowest BCUT2D eigenvalue weighted by atomic mass is 9.90. The number of nitrogens with zero attached hydrogens (tertiary/aromatic N) is 2. The molecule has 154 valence electrons. The monoisotopic (exact) mass is 394 g/mol. The normalized spacial score (nSPS) is 23.8. The highest BCUT2D eigenvalue weighted by Crippen LogP contribution is 2.64. The van der Waals surface area contributed by atoms with Gasteiger partial charge in [-0.05, 0) is 55.0 Å². The lowest BCUT2D eigenvalue weighted by molar-refractivity contribution is -0.109. The van der Waals surface area contributed by atoms with Gasteiger partial charge < -0.3 is 19.6 Å². The van der Waals surface area contributed by atoms with E-state index in [0.29, 0.717) is 12.5 Å². The van der Waals surface area contributed by atoms with Crippen LogP contribution in [0, 0.1) is 5.41 Å². The van der Waals surface area contributed by atoms with E-state index < -0.39 is 0 Å². The third-order valence-electron chi connectivity index (χ3n) is 6.33. The summed E-state index contributed by atoms with van der Waals surface area (Å²) in [5.74, 6) is 0.473. The predicted molar refractivity (Wildman–Crippen MR) is 118 cm³/mol. The zero-order valence-electron chi connectivity index (χ0n) is 16.6. The molecule has 6 nitrogen and oxygen atoms in total. The number of aryl methyl sites for hydroxylation is 1. The molecule has 6 heteroatoms. The number of aromatic nitrogens is 3. The van der Waals surface area contributed by atoms with Gasteiger partial charge in [-0.2, -0.15) is 0 Å². The highest BCUT2D eigenvalue weighted by molar-refractivity contribution is 5.85. The summed E-state index contributed by atoms with van der Waals surface area (Å²) in [6, 6.07) is 6.21. The summed E-state index contributed by atoms with van der Waals surface area (Å²) in [4.78, 5) is 18.5. The fourth-order valence-corrected chi connectivity index (χ4v) is 4.69. The molecule has 0 radical (unpaired) electrons. The van der Waals surface area contributed by atoms with Crippen molar-refractivity contribution in [1.82, 2.24) is 19.9 Å². The van der Waals surface area contributed by atoms with Crippen LogP contribution in [0.2, 0.25) is 0 Å². The number of fused-ring (bicyclic) bond motifs is 4. The molecule has 2 atom stereocenters. The molecule has 6 rings (SSSR count). The Labute approximate surface area is 172 Å². The van der Waals surface area contributed by atoms with Crippen molar-refractivity contribution in [2.24, 2.45) is 12.5 Å². The van der Waals surface area contributed by atoms with Gasteiger partial charge in [0.25, 0.3) is 0 Å². The van der Waals surface area contributed by atoms with Crippen molar-refractivity contribution < 1.29 is 12.4 Å². The van der Waals surface area contributed by atoms with E-state index in [0.717, 1.165) is 42.8 Å². The number of carbonyl (C=O) groups is 1. The maximum atomic E-state index is 10.7. The Morgan fingerprint density at radius 1 is 1.45 bits per heavy atom. The molecule has 2 N–H and O–H groups in total. The van der Waals surface area contributed by atoms with E-state index in [1.165, 1.54) is 29.7 Å². The summed E-state index contributed by atoms with van der Waals surface area (Å²) in [5, 5.41) is 3.99. The number of pyridine rings is 1. The first kappa shape index (κ1) is 18.2. The van der Waals surface area contributed by atoms with Crippen LogP contribution in [0.25, 0.3) is 28.4 Å². The van der Waals surface area contributed by atoms with Gasteiger partial charge in [0.15, 0.2) is 0 Å². The molecule has 3 aromatic rings. The van der Waals surface area contributed by atoms with Gasteiger partial charge in [0, 0.05) is 69.8 Å². The zero-order chi connectivity index (χ0) is 19.8. The molecule has 0 spiro atoms. The smallest absolute Gasteiger partial charge is 0.207 e. The molecule has 2 fully saturated rings. The number of hydrogen-bond acceptors (Lipinski definition) is 3. The fraction of sp³-hybridized carbons (Fsp3) is 0.391. The topological polar surface area (TPSA) is 71.9 Å². The van der Waals surface area contributed by atoms with Gasteiger partial charge in [-0.15, -0.1) is 0 Å². The van der Waals surface area contributed by atoms with E-state index in [1.807, 2.05) is 12.3 Å². The number of nitrogens with one attached hydrogen (secondary N) is 2. The van der Waals surface area contributed by atoms with Crippen LogP contribution in [0.5, 0.6) is 0 Å². The minimum Gasteiger partial charge on any atom is -0.381 e. The molecule has 3 aliphatic rings. The van der Waals surface area contributed by atoms with E-state index in [4.69, 9.17) is 4.74 Å². The van der Waals surface area contributed by atoms with Crippen molar-refractivity contribution in [2.75, 3.05) is 19.8 Å². The maximum Gasteiger partial charge on any atom is 0.207 e. The van der Waals surface area contributed by atoms with Crippen molar-refractivity contribution in [1.29, 1.82) is 0 Å². The standard InChI is InChI=1S/C19H18N4O.C4H8O.2H2/c1-23-9-13(15-7-12-3-2-6-21-18(12)22-15)17-14-8-19(14,10-20-11-24)5-4-16(17)23;1-2-4-5-3-1;;/h2-7,9,11,14H,8,10H2,1H3,(H,20,24)(H,21,22);1-4H2;2*1H.